The Morgan fingerprint density at radius 3 is 2.62 bits per heavy atom. The quantitative estimate of drug-likeness (QED) is 0.937. The molecule has 0 unspecified atom stereocenters. The van der Waals surface area contributed by atoms with Crippen LogP contribution in [-0.4, -0.2) is 19.7 Å². The van der Waals surface area contributed by atoms with E-state index in [4.69, 9.17) is 23.2 Å². The van der Waals surface area contributed by atoms with Crippen LogP contribution in [0, 0.1) is 6.92 Å². The minimum Gasteiger partial charge on any atom is -0.354 e. The Morgan fingerprint density at radius 1 is 1.38 bits per heavy atom. The molecule has 2 aromatic rings. The summed E-state index contributed by atoms with van der Waals surface area (Å²) in [6, 6.07) is 0. The van der Waals surface area contributed by atoms with Crippen LogP contribution in [0.15, 0.2) is 0 Å². The fourth-order valence-corrected chi connectivity index (χ4v) is 2.28. The van der Waals surface area contributed by atoms with E-state index in [-0.39, 0.29) is 0 Å². The molecule has 2 aromatic heterocycles. The molecule has 2 heterocycles. The third kappa shape index (κ3) is 2.28. The Labute approximate surface area is 106 Å². The van der Waals surface area contributed by atoms with Gasteiger partial charge in [-0.2, -0.15) is 0 Å². The second-order valence-electron chi connectivity index (χ2n) is 3.16. The standard InChI is InChI=1S/C8H9Cl2N5S/c1-4-13-14-8(16-4)11-3-5-6(9)12-7(10)15(5)2/h3H2,1-2H3,(H,11,14). The second-order valence-corrected chi connectivity index (χ2v) is 5.03. The molecule has 86 valence electrons. The highest BCUT2D eigenvalue weighted by Crippen LogP contribution is 2.21. The molecule has 8 heteroatoms. The molecule has 0 saturated heterocycles. The van der Waals surface area contributed by atoms with E-state index in [1.807, 2.05) is 14.0 Å². The van der Waals surface area contributed by atoms with Gasteiger partial charge in [0.05, 0.1) is 12.2 Å². The van der Waals surface area contributed by atoms with Gasteiger partial charge in [-0.1, -0.05) is 22.9 Å². The van der Waals surface area contributed by atoms with Crippen molar-refractivity contribution in [2.75, 3.05) is 5.32 Å². The van der Waals surface area contributed by atoms with Crippen LogP contribution in [0.2, 0.25) is 10.4 Å². The van der Waals surface area contributed by atoms with Crippen molar-refractivity contribution in [3.63, 3.8) is 0 Å². The van der Waals surface area contributed by atoms with Crippen LogP contribution < -0.4 is 5.32 Å². The third-order valence-corrected chi connectivity index (χ3v) is 3.48. The van der Waals surface area contributed by atoms with E-state index in [1.54, 1.807) is 4.57 Å². The Bertz CT molecular complexity index is 506. The third-order valence-electron chi connectivity index (χ3n) is 2.04. The SMILES string of the molecule is Cc1nnc(NCc2c(Cl)nc(Cl)n2C)s1. The smallest absolute Gasteiger partial charge is 0.205 e. The van der Waals surface area contributed by atoms with Gasteiger partial charge in [0, 0.05) is 7.05 Å². The number of nitrogens with one attached hydrogen (secondary N) is 1. The number of aryl methyl sites for hydroxylation is 1. The maximum atomic E-state index is 5.93. The predicted octanol–water partition coefficient (Wildman–Crippen LogP) is 2.50. The summed E-state index contributed by atoms with van der Waals surface area (Å²) in [5.41, 5.74) is 0.819. The van der Waals surface area contributed by atoms with E-state index in [1.165, 1.54) is 11.3 Å². The average Bonchev–Trinajstić information content (AvgIpc) is 2.72. The zero-order valence-corrected chi connectivity index (χ0v) is 11.0. The predicted molar refractivity (Wildman–Crippen MR) is 65.2 cm³/mol. The first kappa shape index (κ1) is 11.6. The molecule has 0 bridgehead atoms. The van der Waals surface area contributed by atoms with Crippen molar-refractivity contribution in [1.29, 1.82) is 0 Å². The molecule has 1 N–H and O–H groups in total. The number of anilines is 1. The fraction of sp³-hybridized carbons (Fsp3) is 0.375. The van der Waals surface area contributed by atoms with E-state index in [2.05, 4.69) is 20.5 Å². The minimum atomic E-state index is 0.371. The van der Waals surface area contributed by atoms with E-state index in [0.29, 0.717) is 17.0 Å². The van der Waals surface area contributed by atoms with Crippen molar-refractivity contribution in [2.45, 2.75) is 13.5 Å². The van der Waals surface area contributed by atoms with Crippen molar-refractivity contribution >= 4 is 39.7 Å². The molecular weight excluding hydrogens is 269 g/mol. The van der Waals surface area contributed by atoms with Crippen molar-refractivity contribution in [2.24, 2.45) is 7.05 Å². The molecule has 0 atom stereocenters. The highest BCUT2D eigenvalue weighted by molar-refractivity contribution is 7.15. The number of rotatable bonds is 3. The van der Waals surface area contributed by atoms with Crippen LogP contribution >= 0.6 is 34.5 Å². The lowest BCUT2D eigenvalue weighted by atomic mass is 10.4. The molecule has 0 aliphatic rings. The van der Waals surface area contributed by atoms with Gasteiger partial charge in [-0.3, -0.25) is 0 Å². The van der Waals surface area contributed by atoms with Gasteiger partial charge < -0.3 is 9.88 Å². The van der Waals surface area contributed by atoms with Gasteiger partial charge in [0.15, 0.2) is 5.15 Å². The lowest BCUT2D eigenvalue weighted by Crippen LogP contribution is -2.04. The second kappa shape index (κ2) is 4.57. The highest BCUT2D eigenvalue weighted by Gasteiger charge is 2.11. The maximum absolute atomic E-state index is 5.93. The molecule has 0 aliphatic carbocycles. The highest BCUT2D eigenvalue weighted by atomic mass is 35.5. The summed E-state index contributed by atoms with van der Waals surface area (Å²) >= 11 is 13.3. The largest absolute Gasteiger partial charge is 0.354 e. The van der Waals surface area contributed by atoms with Gasteiger partial charge in [0.1, 0.15) is 5.01 Å². The average molecular weight is 278 g/mol. The topological polar surface area (TPSA) is 55.6 Å². The molecule has 16 heavy (non-hydrogen) atoms. The van der Waals surface area contributed by atoms with Crippen LogP contribution in [0.5, 0.6) is 0 Å². The maximum Gasteiger partial charge on any atom is 0.205 e. The van der Waals surface area contributed by atoms with E-state index < -0.39 is 0 Å². The van der Waals surface area contributed by atoms with Gasteiger partial charge in [-0.15, -0.1) is 10.2 Å². The van der Waals surface area contributed by atoms with Crippen molar-refractivity contribution < 1.29 is 0 Å². The summed E-state index contributed by atoms with van der Waals surface area (Å²) < 4.78 is 1.73. The lowest BCUT2D eigenvalue weighted by Gasteiger charge is -2.03. The number of nitrogens with zero attached hydrogens (tertiary/aromatic N) is 4. The molecule has 0 saturated carbocycles. The van der Waals surface area contributed by atoms with Crippen LogP contribution in [-0.2, 0) is 13.6 Å². The molecule has 5 nitrogen and oxygen atoms in total. The zero-order valence-electron chi connectivity index (χ0n) is 8.66. The summed E-state index contributed by atoms with van der Waals surface area (Å²) in [5.74, 6) is 0. The van der Waals surface area contributed by atoms with E-state index >= 15 is 0 Å². The van der Waals surface area contributed by atoms with E-state index in [9.17, 15) is 0 Å². The molecular formula is C8H9Cl2N5S. The summed E-state index contributed by atoms with van der Waals surface area (Å²) in [6.45, 7) is 2.42. The molecule has 0 fully saturated rings. The summed E-state index contributed by atoms with van der Waals surface area (Å²) in [4.78, 5) is 3.95. The molecule has 0 aliphatic heterocycles. The number of hydrogen-bond acceptors (Lipinski definition) is 5. The van der Waals surface area contributed by atoms with Crippen LogP contribution in [0.25, 0.3) is 0 Å². The van der Waals surface area contributed by atoms with E-state index in [0.717, 1.165) is 15.8 Å². The minimum absolute atomic E-state index is 0.371. The first-order valence-electron chi connectivity index (χ1n) is 4.48. The van der Waals surface area contributed by atoms with Gasteiger partial charge in [0.25, 0.3) is 0 Å². The van der Waals surface area contributed by atoms with Crippen LogP contribution in [0.3, 0.4) is 0 Å². The van der Waals surface area contributed by atoms with Gasteiger partial charge in [-0.25, -0.2) is 4.98 Å². The number of hydrogen-bond donors (Lipinski definition) is 1. The number of aromatic nitrogens is 4. The molecule has 0 aromatic carbocycles. The molecule has 0 spiro atoms. The van der Waals surface area contributed by atoms with Crippen molar-refractivity contribution in [3.05, 3.63) is 21.1 Å². The van der Waals surface area contributed by atoms with Crippen LogP contribution in [0.1, 0.15) is 10.7 Å². The lowest BCUT2D eigenvalue weighted by molar-refractivity contribution is 0.836. The molecule has 0 radical (unpaired) electrons. The summed E-state index contributed by atoms with van der Waals surface area (Å²) in [7, 11) is 1.81. The Balaban J connectivity index is 2.10. The molecule has 2 rings (SSSR count). The van der Waals surface area contributed by atoms with Crippen molar-refractivity contribution in [3.8, 4) is 0 Å². The normalized spacial score (nSPS) is 10.8. The van der Waals surface area contributed by atoms with Gasteiger partial charge in [0.2, 0.25) is 10.4 Å². The first-order valence-corrected chi connectivity index (χ1v) is 6.05. The Kier molecular flexibility index (Phi) is 3.32. The zero-order chi connectivity index (χ0) is 11.7. The summed E-state index contributed by atoms with van der Waals surface area (Å²) in [6.07, 6.45) is 0. The van der Waals surface area contributed by atoms with Gasteiger partial charge in [-0.05, 0) is 18.5 Å². The fourth-order valence-electron chi connectivity index (χ4n) is 1.19. The van der Waals surface area contributed by atoms with Gasteiger partial charge >= 0.3 is 0 Å². The Hall–Kier alpha value is -0.850. The number of halogens is 2. The number of imidazole rings is 1. The monoisotopic (exact) mass is 277 g/mol. The van der Waals surface area contributed by atoms with Crippen molar-refractivity contribution in [1.82, 2.24) is 19.7 Å². The first-order chi connectivity index (χ1) is 7.58. The molecule has 0 amide bonds. The van der Waals surface area contributed by atoms with Crippen LogP contribution in [0.4, 0.5) is 5.13 Å². The summed E-state index contributed by atoms with van der Waals surface area (Å²) in [5, 5.41) is 13.4. The Morgan fingerprint density at radius 2 is 2.12 bits per heavy atom.